The molecule has 1 aromatic heterocycles. The van der Waals surface area contributed by atoms with Gasteiger partial charge in [-0.1, -0.05) is 24.3 Å². The first kappa shape index (κ1) is 24.6. The third kappa shape index (κ3) is 3.69. The lowest BCUT2D eigenvalue weighted by atomic mass is 9.55. The molecule has 208 valence electrons. The number of carbonyl (C=O) groups is 1. The minimum absolute atomic E-state index is 0.0552. The highest BCUT2D eigenvalue weighted by atomic mass is 19.4. The molecular formula is C31H32F3N5O. The van der Waals surface area contributed by atoms with Crippen molar-refractivity contribution in [3.8, 4) is 0 Å². The zero-order valence-corrected chi connectivity index (χ0v) is 22.5. The summed E-state index contributed by atoms with van der Waals surface area (Å²) >= 11 is 0. The Labute approximate surface area is 231 Å². The Bertz CT molecular complexity index is 1520. The van der Waals surface area contributed by atoms with E-state index in [9.17, 15) is 18.0 Å². The number of benzene rings is 1. The van der Waals surface area contributed by atoms with Crippen molar-refractivity contribution in [2.75, 3.05) is 19.6 Å². The van der Waals surface area contributed by atoms with Gasteiger partial charge in [-0.15, -0.1) is 10.2 Å². The van der Waals surface area contributed by atoms with Crippen LogP contribution in [0.3, 0.4) is 0 Å². The molecule has 40 heavy (non-hydrogen) atoms. The number of amides is 1. The predicted molar refractivity (Wildman–Crippen MR) is 142 cm³/mol. The number of carbonyl (C=O) groups excluding carboxylic acids is 1. The maximum Gasteiger partial charge on any atom is 0.418 e. The van der Waals surface area contributed by atoms with Crippen LogP contribution in [0.25, 0.3) is 0 Å². The van der Waals surface area contributed by atoms with Gasteiger partial charge in [-0.3, -0.25) is 14.6 Å². The second-order valence-electron chi connectivity index (χ2n) is 13.3. The van der Waals surface area contributed by atoms with E-state index in [2.05, 4.69) is 21.2 Å². The third-order valence-electron chi connectivity index (χ3n) is 10.4. The molecule has 8 rings (SSSR count). The minimum Gasteiger partial charge on any atom is -0.320 e. The van der Waals surface area contributed by atoms with Gasteiger partial charge in [-0.2, -0.15) is 13.2 Å². The molecule has 3 aliphatic carbocycles. The number of allylic oxidation sites excluding steroid dienone is 1. The van der Waals surface area contributed by atoms with Crippen molar-refractivity contribution >= 4 is 5.91 Å². The van der Waals surface area contributed by atoms with Gasteiger partial charge in [0.15, 0.2) is 0 Å². The summed E-state index contributed by atoms with van der Waals surface area (Å²) in [5, 5.41) is 8.59. The largest absolute Gasteiger partial charge is 0.418 e. The molecule has 3 saturated carbocycles. The van der Waals surface area contributed by atoms with Crippen molar-refractivity contribution in [3.05, 3.63) is 82.7 Å². The molecular weight excluding hydrogens is 515 g/mol. The van der Waals surface area contributed by atoms with Gasteiger partial charge in [0, 0.05) is 26.3 Å². The molecule has 1 amide bonds. The van der Waals surface area contributed by atoms with Crippen LogP contribution in [0, 0.1) is 10.8 Å². The van der Waals surface area contributed by atoms with Gasteiger partial charge in [-0.05, 0) is 91.2 Å². The second-order valence-corrected chi connectivity index (χ2v) is 13.3. The number of likely N-dealkylation sites (tertiary alicyclic amines) is 1. The second kappa shape index (κ2) is 7.96. The molecule has 4 heterocycles. The van der Waals surface area contributed by atoms with Crippen LogP contribution in [-0.4, -0.2) is 56.3 Å². The lowest BCUT2D eigenvalue weighted by molar-refractivity contribution is -0.126. The number of aryl methyl sites for hydroxylation is 1. The van der Waals surface area contributed by atoms with E-state index in [4.69, 9.17) is 0 Å². The first-order valence-electron chi connectivity index (χ1n) is 14.3. The maximum absolute atomic E-state index is 14.3. The number of fused-ring (bicyclic) bond motifs is 1. The van der Waals surface area contributed by atoms with Crippen LogP contribution in [0.2, 0.25) is 0 Å². The quantitative estimate of drug-likeness (QED) is 0.506. The van der Waals surface area contributed by atoms with Gasteiger partial charge in [0.25, 0.3) is 0 Å². The number of rotatable bonds is 5. The fourth-order valence-electron chi connectivity index (χ4n) is 7.95. The van der Waals surface area contributed by atoms with Crippen molar-refractivity contribution in [1.82, 2.24) is 24.6 Å². The van der Waals surface area contributed by atoms with E-state index >= 15 is 0 Å². The van der Waals surface area contributed by atoms with Crippen molar-refractivity contribution in [2.24, 2.45) is 17.9 Å². The molecule has 6 nitrogen and oxygen atoms in total. The smallest absolute Gasteiger partial charge is 0.320 e. The average Bonchev–Trinajstić information content (AvgIpc) is 3.73. The van der Waals surface area contributed by atoms with Crippen LogP contribution in [0.4, 0.5) is 13.2 Å². The van der Waals surface area contributed by atoms with Gasteiger partial charge in [0.2, 0.25) is 5.91 Å². The first-order valence-corrected chi connectivity index (χ1v) is 14.3. The Balaban J connectivity index is 1.12. The molecule has 6 aliphatic rings. The van der Waals surface area contributed by atoms with Gasteiger partial charge in [0.05, 0.1) is 22.6 Å². The average molecular weight is 548 g/mol. The van der Waals surface area contributed by atoms with Gasteiger partial charge in [-0.25, -0.2) is 0 Å². The highest BCUT2D eigenvalue weighted by Crippen LogP contribution is 2.70. The van der Waals surface area contributed by atoms with E-state index in [-0.39, 0.29) is 17.0 Å². The summed E-state index contributed by atoms with van der Waals surface area (Å²) in [4.78, 5) is 17.2. The van der Waals surface area contributed by atoms with E-state index in [1.165, 1.54) is 42.7 Å². The number of nitrogens with zero attached hydrogens (tertiary/aromatic N) is 5. The van der Waals surface area contributed by atoms with Crippen LogP contribution in [-0.2, 0) is 17.3 Å². The summed E-state index contributed by atoms with van der Waals surface area (Å²) in [6.45, 7) is 2.26. The van der Waals surface area contributed by atoms with Crippen molar-refractivity contribution in [2.45, 2.75) is 62.5 Å². The number of hydrogen-bond acceptors (Lipinski definition) is 4. The van der Waals surface area contributed by atoms with E-state index < -0.39 is 17.7 Å². The Hall–Kier alpha value is -3.20. The minimum atomic E-state index is -4.55. The molecule has 1 unspecified atom stereocenters. The van der Waals surface area contributed by atoms with E-state index in [0.717, 1.165) is 49.3 Å². The standard InChI is InChI=1S/C31H32F3N5O/c1-37-19-35-36-27(37)30(16-29(17-30)7-8-29)22-4-2-3-21(12-22)23-13-25-24(31(32,33)34)11-20(15-39(25)26(23)40)14-38-10-9-28(18-38)5-6-28/h2-4,11-13,15,19,23H,5-10,14,16-18H2,1H3. The van der Waals surface area contributed by atoms with Crippen molar-refractivity contribution in [3.63, 3.8) is 0 Å². The molecule has 3 aliphatic heterocycles. The molecule has 1 saturated heterocycles. The van der Waals surface area contributed by atoms with Crippen LogP contribution in [0.15, 0.2) is 65.8 Å². The van der Waals surface area contributed by atoms with Gasteiger partial charge in [0.1, 0.15) is 12.2 Å². The van der Waals surface area contributed by atoms with E-state index in [1.54, 1.807) is 12.5 Å². The summed E-state index contributed by atoms with van der Waals surface area (Å²) in [6, 6.07) is 7.86. The maximum atomic E-state index is 14.3. The zero-order valence-electron chi connectivity index (χ0n) is 22.5. The number of hydrogen-bond donors (Lipinski definition) is 0. The molecule has 2 spiro atoms. The molecule has 2 aromatic rings. The highest BCUT2D eigenvalue weighted by Gasteiger charge is 2.63. The van der Waals surface area contributed by atoms with E-state index in [0.29, 0.717) is 22.9 Å². The Morgan fingerprint density at radius 3 is 2.50 bits per heavy atom. The van der Waals surface area contributed by atoms with Crippen LogP contribution < -0.4 is 0 Å². The summed E-state index contributed by atoms with van der Waals surface area (Å²) < 4.78 is 44.9. The lowest BCUT2D eigenvalue weighted by Crippen LogP contribution is -2.45. The highest BCUT2D eigenvalue weighted by molar-refractivity contribution is 5.93. The van der Waals surface area contributed by atoms with Crippen molar-refractivity contribution < 1.29 is 18.0 Å². The summed E-state index contributed by atoms with van der Waals surface area (Å²) in [7, 11) is 1.95. The van der Waals surface area contributed by atoms with Crippen LogP contribution >= 0.6 is 0 Å². The number of halogens is 3. The Morgan fingerprint density at radius 1 is 1.07 bits per heavy atom. The van der Waals surface area contributed by atoms with Crippen molar-refractivity contribution in [1.29, 1.82) is 0 Å². The lowest BCUT2D eigenvalue weighted by Gasteiger charge is -2.48. The Morgan fingerprint density at radius 2 is 1.85 bits per heavy atom. The van der Waals surface area contributed by atoms with Crippen LogP contribution in [0.5, 0.6) is 0 Å². The van der Waals surface area contributed by atoms with Gasteiger partial charge >= 0.3 is 6.18 Å². The topological polar surface area (TPSA) is 54.3 Å². The molecule has 4 fully saturated rings. The summed E-state index contributed by atoms with van der Waals surface area (Å²) in [6.07, 6.45) is 9.47. The fourth-order valence-corrected chi connectivity index (χ4v) is 7.95. The predicted octanol–water partition coefficient (Wildman–Crippen LogP) is 5.36. The zero-order chi connectivity index (χ0) is 27.5. The molecule has 0 radical (unpaired) electrons. The normalized spacial score (nSPS) is 27.4. The molecule has 1 atom stereocenters. The fraction of sp³-hybridized carbons (Fsp3) is 0.516. The number of alkyl halides is 3. The monoisotopic (exact) mass is 547 g/mol. The Kier molecular flexibility index (Phi) is 4.89. The molecule has 0 N–H and O–H groups in total. The summed E-state index contributed by atoms with van der Waals surface area (Å²) in [5.74, 6) is -0.204. The molecule has 1 aromatic carbocycles. The van der Waals surface area contributed by atoms with Crippen LogP contribution in [0.1, 0.15) is 67.8 Å². The van der Waals surface area contributed by atoms with Gasteiger partial charge < -0.3 is 4.57 Å². The molecule has 0 bridgehead atoms. The number of aromatic nitrogens is 3. The third-order valence-corrected chi connectivity index (χ3v) is 10.4. The first-order chi connectivity index (χ1) is 19.1. The summed E-state index contributed by atoms with van der Waals surface area (Å²) in [5.41, 5.74) is 1.99. The molecule has 9 heteroatoms. The SMILES string of the molecule is Cn1cnnc1C1(c2cccc(C3C=C4C(C(F)(F)F)=CC(CN5CCC6(CC6)C5)=CN4C3=O)c2)CC2(CC2)C1. The van der Waals surface area contributed by atoms with E-state index in [1.807, 2.05) is 29.8 Å².